The Hall–Kier alpha value is -0.710. The molecule has 0 radical (unpaired) electrons. The number of hydrogen-bond donors (Lipinski definition) is 1. The predicted octanol–water partition coefficient (Wildman–Crippen LogP) is 4.28. The predicted molar refractivity (Wildman–Crippen MR) is 84.1 cm³/mol. The molecule has 5 heteroatoms. The Kier molecular flexibility index (Phi) is 9.59. The summed E-state index contributed by atoms with van der Waals surface area (Å²) in [4.78, 5) is 3.90. The number of anilines is 1. The van der Waals surface area contributed by atoms with E-state index in [1.807, 2.05) is 0 Å². The molecule has 19 heavy (non-hydrogen) atoms. The SMILES string of the molecule is CCCCCCCCCCCCSn1ncnc1N. The zero-order chi connectivity index (χ0) is 13.8. The number of aromatic nitrogens is 3. The minimum atomic E-state index is 0.497. The van der Waals surface area contributed by atoms with Gasteiger partial charge in [-0.2, -0.15) is 9.07 Å². The summed E-state index contributed by atoms with van der Waals surface area (Å²) in [6.07, 6.45) is 15.2. The molecule has 0 saturated heterocycles. The molecule has 0 atom stereocenters. The van der Waals surface area contributed by atoms with Crippen molar-refractivity contribution in [2.75, 3.05) is 11.5 Å². The molecule has 0 unspecified atom stereocenters. The molecule has 4 nitrogen and oxygen atoms in total. The van der Waals surface area contributed by atoms with Gasteiger partial charge in [-0.05, 0) is 18.4 Å². The third kappa shape index (κ3) is 8.14. The summed E-state index contributed by atoms with van der Waals surface area (Å²) in [5.74, 6) is 1.57. The van der Waals surface area contributed by atoms with Crippen LogP contribution >= 0.6 is 11.9 Å². The summed E-state index contributed by atoms with van der Waals surface area (Å²) >= 11 is 1.65. The van der Waals surface area contributed by atoms with Crippen LogP contribution in [0.2, 0.25) is 0 Å². The highest BCUT2D eigenvalue weighted by molar-refractivity contribution is 7.97. The summed E-state index contributed by atoms with van der Waals surface area (Å²) < 4.78 is 1.70. The van der Waals surface area contributed by atoms with Crippen molar-refractivity contribution in [2.45, 2.75) is 71.1 Å². The van der Waals surface area contributed by atoms with Gasteiger partial charge in [0.05, 0.1) is 0 Å². The van der Waals surface area contributed by atoms with Gasteiger partial charge >= 0.3 is 0 Å². The average Bonchev–Trinajstić information content (AvgIpc) is 2.82. The first kappa shape index (κ1) is 16.3. The number of rotatable bonds is 12. The normalized spacial score (nSPS) is 11.0. The minimum absolute atomic E-state index is 0.497. The fourth-order valence-electron chi connectivity index (χ4n) is 2.08. The maximum atomic E-state index is 5.64. The van der Waals surface area contributed by atoms with Crippen molar-refractivity contribution in [3.63, 3.8) is 0 Å². The smallest absolute Gasteiger partial charge is 0.229 e. The molecule has 0 saturated carbocycles. The fourth-order valence-corrected chi connectivity index (χ4v) is 2.87. The Labute approximate surface area is 121 Å². The van der Waals surface area contributed by atoms with Crippen LogP contribution in [0.4, 0.5) is 5.95 Å². The first-order valence-corrected chi connectivity index (χ1v) is 8.57. The Balaban J connectivity index is 1.80. The van der Waals surface area contributed by atoms with E-state index < -0.39 is 0 Å². The first-order valence-electron chi connectivity index (χ1n) is 7.63. The Morgan fingerprint density at radius 2 is 1.58 bits per heavy atom. The molecular formula is C14H28N4S. The summed E-state index contributed by atoms with van der Waals surface area (Å²) in [6, 6.07) is 0. The van der Waals surface area contributed by atoms with Gasteiger partial charge in [0.1, 0.15) is 6.33 Å². The lowest BCUT2D eigenvalue weighted by Gasteiger charge is -2.03. The fraction of sp³-hybridized carbons (Fsp3) is 0.857. The lowest BCUT2D eigenvalue weighted by atomic mass is 10.1. The molecule has 0 bridgehead atoms. The van der Waals surface area contributed by atoms with Gasteiger partial charge in [-0.3, -0.25) is 0 Å². The number of unbranched alkanes of at least 4 members (excludes halogenated alkanes) is 9. The van der Waals surface area contributed by atoms with Crippen LogP contribution < -0.4 is 5.73 Å². The van der Waals surface area contributed by atoms with Gasteiger partial charge in [-0.15, -0.1) is 5.10 Å². The summed E-state index contributed by atoms with van der Waals surface area (Å²) in [5.41, 5.74) is 5.64. The monoisotopic (exact) mass is 284 g/mol. The van der Waals surface area contributed by atoms with Gasteiger partial charge < -0.3 is 5.73 Å². The number of hydrogen-bond acceptors (Lipinski definition) is 4. The van der Waals surface area contributed by atoms with E-state index in [1.165, 1.54) is 70.5 Å². The van der Waals surface area contributed by atoms with Crippen LogP contribution in [-0.2, 0) is 0 Å². The molecule has 1 aromatic heterocycles. The Bertz CT molecular complexity index is 314. The second-order valence-corrected chi connectivity index (χ2v) is 6.02. The molecule has 1 rings (SSSR count). The molecule has 0 aliphatic rings. The highest BCUT2D eigenvalue weighted by atomic mass is 32.2. The van der Waals surface area contributed by atoms with Crippen molar-refractivity contribution < 1.29 is 0 Å². The van der Waals surface area contributed by atoms with Crippen molar-refractivity contribution >= 4 is 17.9 Å². The highest BCUT2D eigenvalue weighted by Crippen LogP contribution is 2.14. The van der Waals surface area contributed by atoms with E-state index in [-0.39, 0.29) is 0 Å². The minimum Gasteiger partial charge on any atom is -0.367 e. The van der Waals surface area contributed by atoms with Crippen molar-refractivity contribution in [3.8, 4) is 0 Å². The van der Waals surface area contributed by atoms with Crippen molar-refractivity contribution in [1.82, 2.24) is 14.2 Å². The molecule has 0 amide bonds. The third-order valence-electron chi connectivity index (χ3n) is 3.25. The maximum absolute atomic E-state index is 5.64. The zero-order valence-corrected chi connectivity index (χ0v) is 13.0. The van der Waals surface area contributed by atoms with E-state index in [9.17, 15) is 0 Å². The Morgan fingerprint density at radius 1 is 1.00 bits per heavy atom. The van der Waals surface area contributed by atoms with Crippen LogP contribution in [0.3, 0.4) is 0 Å². The lowest BCUT2D eigenvalue weighted by molar-refractivity contribution is 0.563. The molecule has 1 heterocycles. The molecule has 0 aliphatic carbocycles. The molecule has 0 aromatic carbocycles. The van der Waals surface area contributed by atoms with Crippen LogP contribution in [0.15, 0.2) is 6.33 Å². The number of nitrogens with zero attached hydrogens (tertiary/aromatic N) is 3. The molecule has 1 aromatic rings. The van der Waals surface area contributed by atoms with E-state index in [1.54, 1.807) is 16.0 Å². The van der Waals surface area contributed by atoms with E-state index in [2.05, 4.69) is 17.0 Å². The van der Waals surface area contributed by atoms with Crippen LogP contribution in [0, 0.1) is 0 Å². The van der Waals surface area contributed by atoms with Crippen LogP contribution in [0.1, 0.15) is 71.1 Å². The summed E-state index contributed by atoms with van der Waals surface area (Å²) in [5, 5.41) is 4.04. The standard InChI is InChI=1S/C14H28N4S/c1-2-3-4-5-6-7-8-9-10-11-12-19-18-14(15)16-13-17-18/h13H,2-12H2,1H3,(H2,15,16,17). The summed E-state index contributed by atoms with van der Waals surface area (Å²) in [7, 11) is 0. The van der Waals surface area contributed by atoms with Crippen molar-refractivity contribution in [2.24, 2.45) is 0 Å². The van der Waals surface area contributed by atoms with Gasteiger partial charge in [-0.1, -0.05) is 64.7 Å². The molecule has 2 N–H and O–H groups in total. The lowest BCUT2D eigenvalue weighted by Crippen LogP contribution is -1.98. The molecular weight excluding hydrogens is 256 g/mol. The van der Waals surface area contributed by atoms with Gasteiger partial charge in [-0.25, -0.2) is 0 Å². The van der Waals surface area contributed by atoms with E-state index in [0.717, 1.165) is 5.75 Å². The van der Waals surface area contributed by atoms with E-state index in [0.29, 0.717) is 5.95 Å². The van der Waals surface area contributed by atoms with Gasteiger partial charge in [0, 0.05) is 5.75 Å². The van der Waals surface area contributed by atoms with Gasteiger partial charge in [0.15, 0.2) is 0 Å². The van der Waals surface area contributed by atoms with Gasteiger partial charge in [0.2, 0.25) is 5.95 Å². The zero-order valence-electron chi connectivity index (χ0n) is 12.2. The van der Waals surface area contributed by atoms with Crippen LogP contribution in [0.5, 0.6) is 0 Å². The first-order chi connectivity index (χ1) is 9.34. The third-order valence-corrected chi connectivity index (χ3v) is 4.25. The molecule has 0 spiro atoms. The average molecular weight is 284 g/mol. The molecule has 0 aliphatic heterocycles. The second-order valence-electron chi connectivity index (χ2n) is 5.01. The van der Waals surface area contributed by atoms with E-state index >= 15 is 0 Å². The van der Waals surface area contributed by atoms with Crippen LogP contribution in [-0.4, -0.2) is 19.9 Å². The summed E-state index contributed by atoms with van der Waals surface area (Å²) in [6.45, 7) is 2.27. The topological polar surface area (TPSA) is 56.7 Å². The molecule has 0 fully saturated rings. The van der Waals surface area contributed by atoms with Crippen molar-refractivity contribution in [3.05, 3.63) is 6.33 Å². The van der Waals surface area contributed by atoms with Crippen LogP contribution in [0.25, 0.3) is 0 Å². The highest BCUT2D eigenvalue weighted by Gasteiger charge is 1.99. The van der Waals surface area contributed by atoms with Crippen molar-refractivity contribution in [1.29, 1.82) is 0 Å². The second kappa shape index (κ2) is 11.1. The largest absolute Gasteiger partial charge is 0.367 e. The Morgan fingerprint density at radius 3 is 2.11 bits per heavy atom. The molecule has 110 valence electrons. The number of nitrogen functional groups attached to an aromatic ring is 1. The quantitative estimate of drug-likeness (QED) is 0.582. The maximum Gasteiger partial charge on any atom is 0.229 e. The van der Waals surface area contributed by atoms with Gasteiger partial charge in [0.25, 0.3) is 0 Å². The number of nitrogens with two attached hydrogens (primary N) is 1. The van der Waals surface area contributed by atoms with E-state index in [4.69, 9.17) is 5.73 Å².